The molecule has 0 aromatic rings. The third kappa shape index (κ3) is 134. The van der Waals surface area contributed by atoms with Crippen LogP contribution >= 0.6 is 0 Å². The normalized spacial score (nSPS) is 7.56. The molecule has 0 atom stereocenters. The molecule has 0 amide bonds. The molecule has 0 aromatic carbocycles. The summed E-state index contributed by atoms with van der Waals surface area (Å²) >= 11 is 0. The van der Waals surface area contributed by atoms with Crippen molar-refractivity contribution in [3.05, 3.63) is 12.7 Å². The van der Waals surface area contributed by atoms with Gasteiger partial charge in [0, 0.05) is 6.92 Å². The number of allylic oxidation sites excluding steroid dienone is 1. The molecule has 0 unspecified atom stereocenters. The second-order valence-electron chi connectivity index (χ2n) is 2.00. The topological polar surface area (TPSA) is 37.3 Å². The molecule has 0 rings (SSSR count). The number of carboxylic acids is 1. The summed E-state index contributed by atoms with van der Waals surface area (Å²) in [6, 6.07) is 0. The quantitative estimate of drug-likeness (QED) is 0.550. The van der Waals surface area contributed by atoms with Gasteiger partial charge in [0.05, 0.1) is 0 Å². The summed E-state index contributed by atoms with van der Waals surface area (Å²) in [5, 5.41) is 7.42. The standard InChI is InChI=1S/C5H10.C2H4O2/c1-4-5(2)3;1-2(3)4/h4-5H,1H2,2-3H3;1H3,(H,3,4). The first-order valence-corrected chi connectivity index (χ1v) is 2.82. The Morgan fingerprint density at radius 3 is 1.78 bits per heavy atom. The van der Waals surface area contributed by atoms with E-state index in [1.165, 1.54) is 0 Å². The molecule has 0 saturated heterocycles. The van der Waals surface area contributed by atoms with E-state index in [0.29, 0.717) is 5.92 Å². The Kier molecular flexibility index (Phi) is 8.87. The van der Waals surface area contributed by atoms with Gasteiger partial charge >= 0.3 is 0 Å². The molecule has 2 heteroatoms. The van der Waals surface area contributed by atoms with E-state index >= 15 is 0 Å². The number of hydrogen-bond donors (Lipinski definition) is 1. The van der Waals surface area contributed by atoms with Crippen LogP contribution in [0.4, 0.5) is 0 Å². The Morgan fingerprint density at radius 2 is 1.78 bits per heavy atom. The number of aliphatic carboxylic acids is 1. The van der Waals surface area contributed by atoms with Gasteiger partial charge in [0.15, 0.2) is 0 Å². The Bertz CT molecular complexity index is 80.9. The third-order valence-corrected chi connectivity index (χ3v) is 0.471. The van der Waals surface area contributed by atoms with Crippen molar-refractivity contribution >= 4 is 5.97 Å². The Morgan fingerprint density at radius 1 is 1.67 bits per heavy atom. The van der Waals surface area contributed by atoms with E-state index in [1.54, 1.807) is 0 Å². The summed E-state index contributed by atoms with van der Waals surface area (Å²) in [4.78, 5) is 9.00. The van der Waals surface area contributed by atoms with E-state index in [2.05, 4.69) is 20.4 Å². The van der Waals surface area contributed by atoms with Gasteiger partial charge in [-0.25, -0.2) is 0 Å². The summed E-state index contributed by atoms with van der Waals surface area (Å²) < 4.78 is 0. The molecule has 0 aliphatic carbocycles. The van der Waals surface area contributed by atoms with Crippen molar-refractivity contribution in [1.29, 1.82) is 0 Å². The van der Waals surface area contributed by atoms with Crippen LogP contribution in [0.15, 0.2) is 12.7 Å². The highest BCUT2D eigenvalue weighted by Gasteiger charge is 1.73. The van der Waals surface area contributed by atoms with Crippen molar-refractivity contribution in [3.8, 4) is 0 Å². The smallest absolute Gasteiger partial charge is 0.300 e. The first-order valence-electron chi connectivity index (χ1n) is 2.82. The second kappa shape index (κ2) is 7.21. The van der Waals surface area contributed by atoms with Gasteiger partial charge in [-0.1, -0.05) is 19.9 Å². The lowest BCUT2D eigenvalue weighted by molar-refractivity contribution is -0.134. The van der Waals surface area contributed by atoms with Crippen LogP contribution in [0.5, 0.6) is 0 Å². The minimum absolute atomic E-state index is 0.648. The second-order valence-corrected chi connectivity index (χ2v) is 2.00. The number of rotatable bonds is 1. The fourth-order valence-electron chi connectivity index (χ4n) is 0. The maximum Gasteiger partial charge on any atom is 0.300 e. The van der Waals surface area contributed by atoms with Crippen molar-refractivity contribution in [2.75, 3.05) is 0 Å². The highest BCUT2D eigenvalue weighted by Crippen LogP contribution is 1.87. The highest BCUT2D eigenvalue weighted by molar-refractivity contribution is 5.62. The molecule has 0 spiro atoms. The minimum Gasteiger partial charge on any atom is -0.481 e. The van der Waals surface area contributed by atoms with Crippen molar-refractivity contribution in [2.45, 2.75) is 20.8 Å². The maximum absolute atomic E-state index is 9.00. The SMILES string of the molecule is C=CC(C)C.CC(=O)O. The minimum atomic E-state index is -0.833. The van der Waals surface area contributed by atoms with Gasteiger partial charge < -0.3 is 5.11 Å². The molecule has 0 aromatic heterocycles. The van der Waals surface area contributed by atoms with Gasteiger partial charge in [0.2, 0.25) is 0 Å². The van der Waals surface area contributed by atoms with E-state index in [-0.39, 0.29) is 0 Å². The molecule has 54 valence electrons. The van der Waals surface area contributed by atoms with E-state index in [1.807, 2.05) is 6.08 Å². The molecule has 0 fully saturated rings. The lowest BCUT2D eigenvalue weighted by Gasteiger charge is -1.84. The largest absolute Gasteiger partial charge is 0.481 e. The lowest BCUT2D eigenvalue weighted by Crippen LogP contribution is -1.78. The Hall–Kier alpha value is -0.790. The fourth-order valence-corrected chi connectivity index (χ4v) is 0. The van der Waals surface area contributed by atoms with E-state index in [0.717, 1.165) is 6.92 Å². The van der Waals surface area contributed by atoms with Crippen LogP contribution in [0.2, 0.25) is 0 Å². The van der Waals surface area contributed by atoms with Crippen LogP contribution in [0.25, 0.3) is 0 Å². The summed E-state index contributed by atoms with van der Waals surface area (Å²) in [5.41, 5.74) is 0. The molecule has 0 radical (unpaired) electrons. The number of carbonyl (C=O) groups is 1. The van der Waals surface area contributed by atoms with Gasteiger partial charge in [-0.3, -0.25) is 4.79 Å². The summed E-state index contributed by atoms with van der Waals surface area (Å²) in [7, 11) is 0. The van der Waals surface area contributed by atoms with Crippen LogP contribution in [0, 0.1) is 5.92 Å². The highest BCUT2D eigenvalue weighted by atomic mass is 16.4. The summed E-state index contributed by atoms with van der Waals surface area (Å²) in [5.74, 6) is -0.185. The zero-order valence-corrected chi connectivity index (χ0v) is 6.22. The van der Waals surface area contributed by atoms with Crippen LogP contribution < -0.4 is 0 Å². The number of carboxylic acid groups (broad SMARTS) is 1. The molecule has 0 aliphatic rings. The van der Waals surface area contributed by atoms with Crippen LogP contribution in [-0.2, 0) is 4.79 Å². The van der Waals surface area contributed by atoms with Crippen molar-refractivity contribution in [1.82, 2.24) is 0 Å². The first kappa shape index (κ1) is 11.1. The Labute approximate surface area is 56.2 Å². The van der Waals surface area contributed by atoms with Crippen LogP contribution in [-0.4, -0.2) is 11.1 Å². The molecular weight excluding hydrogens is 116 g/mol. The fraction of sp³-hybridized carbons (Fsp3) is 0.571. The molecule has 1 N–H and O–H groups in total. The summed E-state index contributed by atoms with van der Waals surface area (Å²) in [6.45, 7) is 8.85. The van der Waals surface area contributed by atoms with Crippen LogP contribution in [0.1, 0.15) is 20.8 Å². The van der Waals surface area contributed by atoms with E-state index in [4.69, 9.17) is 9.90 Å². The van der Waals surface area contributed by atoms with Gasteiger partial charge in [-0.05, 0) is 5.92 Å². The molecule has 9 heavy (non-hydrogen) atoms. The average molecular weight is 130 g/mol. The van der Waals surface area contributed by atoms with Gasteiger partial charge in [0.25, 0.3) is 5.97 Å². The van der Waals surface area contributed by atoms with Crippen molar-refractivity contribution in [3.63, 3.8) is 0 Å². The Balaban J connectivity index is 0. The predicted molar refractivity (Wildman–Crippen MR) is 38.3 cm³/mol. The zero-order chi connectivity index (χ0) is 7.86. The van der Waals surface area contributed by atoms with Gasteiger partial charge in [0.1, 0.15) is 0 Å². The van der Waals surface area contributed by atoms with Gasteiger partial charge in [-0.15, -0.1) is 6.58 Å². The van der Waals surface area contributed by atoms with Crippen molar-refractivity contribution < 1.29 is 9.90 Å². The lowest BCUT2D eigenvalue weighted by atomic mass is 10.2. The number of hydrogen-bond acceptors (Lipinski definition) is 1. The summed E-state index contributed by atoms with van der Waals surface area (Å²) in [6.07, 6.45) is 1.92. The van der Waals surface area contributed by atoms with Gasteiger partial charge in [-0.2, -0.15) is 0 Å². The first-order chi connectivity index (χ1) is 4.00. The average Bonchev–Trinajstić information content (AvgIpc) is 1.65. The zero-order valence-electron chi connectivity index (χ0n) is 6.22. The van der Waals surface area contributed by atoms with E-state index in [9.17, 15) is 0 Å². The molecule has 0 bridgehead atoms. The molecule has 2 nitrogen and oxygen atoms in total. The molecule has 0 aliphatic heterocycles. The molecule has 0 heterocycles. The van der Waals surface area contributed by atoms with E-state index < -0.39 is 5.97 Å². The monoisotopic (exact) mass is 130 g/mol. The molecule has 0 saturated carbocycles. The molecular formula is C7H14O2. The third-order valence-electron chi connectivity index (χ3n) is 0.471. The van der Waals surface area contributed by atoms with Crippen LogP contribution in [0.3, 0.4) is 0 Å². The predicted octanol–water partition coefficient (Wildman–Crippen LogP) is 1.92. The van der Waals surface area contributed by atoms with Crippen molar-refractivity contribution in [2.24, 2.45) is 5.92 Å². The maximum atomic E-state index is 9.00.